The molecular formula is C13H13N3O2. The van der Waals surface area contributed by atoms with E-state index in [2.05, 4.69) is 15.3 Å². The Morgan fingerprint density at radius 1 is 1.50 bits per heavy atom. The van der Waals surface area contributed by atoms with E-state index in [0.717, 1.165) is 23.6 Å². The average Bonchev–Trinajstić information content (AvgIpc) is 3.05. The largest absolute Gasteiger partial charge is 0.493 e. The quantitative estimate of drug-likeness (QED) is 0.853. The highest BCUT2D eigenvalue weighted by Crippen LogP contribution is 2.25. The van der Waals surface area contributed by atoms with Crippen molar-refractivity contribution < 1.29 is 9.53 Å². The molecule has 0 saturated carbocycles. The number of hydrogen-bond acceptors (Lipinski definition) is 3. The van der Waals surface area contributed by atoms with Gasteiger partial charge in [0.2, 0.25) is 0 Å². The summed E-state index contributed by atoms with van der Waals surface area (Å²) in [7, 11) is 0. The minimum absolute atomic E-state index is 0.0962. The second-order valence-corrected chi connectivity index (χ2v) is 4.14. The Labute approximate surface area is 104 Å². The molecule has 2 aromatic rings. The summed E-state index contributed by atoms with van der Waals surface area (Å²) in [5.41, 5.74) is 1.76. The monoisotopic (exact) mass is 243 g/mol. The van der Waals surface area contributed by atoms with Gasteiger partial charge in [-0.25, -0.2) is 4.98 Å². The lowest BCUT2D eigenvalue weighted by molar-refractivity contribution is 0.0950. The summed E-state index contributed by atoms with van der Waals surface area (Å²) in [4.78, 5) is 18.9. The van der Waals surface area contributed by atoms with Crippen molar-refractivity contribution >= 4 is 5.91 Å². The summed E-state index contributed by atoms with van der Waals surface area (Å²) in [5, 5.41) is 2.82. The number of imidazole rings is 1. The number of ether oxygens (including phenoxy) is 1. The summed E-state index contributed by atoms with van der Waals surface area (Å²) in [6.07, 6.45) is 4.26. The molecule has 3 rings (SSSR count). The second kappa shape index (κ2) is 4.52. The van der Waals surface area contributed by atoms with Crippen molar-refractivity contribution in [3.63, 3.8) is 0 Å². The van der Waals surface area contributed by atoms with E-state index in [-0.39, 0.29) is 5.91 Å². The van der Waals surface area contributed by atoms with Crippen molar-refractivity contribution in [1.29, 1.82) is 0 Å². The van der Waals surface area contributed by atoms with Crippen LogP contribution in [0.4, 0.5) is 0 Å². The van der Waals surface area contributed by atoms with Gasteiger partial charge in [0.05, 0.1) is 13.2 Å². The Morgan fingerprint density at radius 2 is 2.44 bits per heavy atom. The first kappa shape index (κ1) is 10.8. The molecule has 0 spiro atoms. The molecule has 0 saturated heterocycles. The lowest BCUT2D eigenvalue weighted by Gasteiger charge is -2.05. The summed E-state index contributed by atoms with van der Waals surface area (Å²) < 4.78 is 5.41. The number of carbonyl (C=O) groups is 1. The minimum Gasteiger partial charge on any atom is -0.493 e. The third-order valence-electron chi connectivity index (χ3n) is 2.92. The van der Waals surface area contributed by atoms with E-state index in [4.69, 9.17) is 4.74 Å². The maximum atomic E-state index is 11.9. The molecule has 0 atom stereocenters. The molecule has 1 aromatic heterocycles. The standard InChI is InChI=1S/C13H13N3O2/c17-13(16-8-12-14-4-5-15-12)10-1-2-11-9(7-10)3-6-18-11/h1-2,4-5,7H,3,6,8H2,(H,14,15)(H,16,17). The molecular weight excluding hydrogens is 230 g/mol. The number of H-pyrrole nitrogens is 1. The van der Waals surface area contributed by atoms with E-state index >= 15 is 0 Å². The highest BCUT2D eigenvalue weighted by atomic mass is 16.5. The molecule has 1 amide bonds. The summed E-state index contributed by atoms with van der Waals surface area (Å²) in [6, 6.07) is 5.52. The van der Waals surface area contributed by atoms with Gasteiger partial charge in [-0.15, -0.1) is 0 Å². The van der Waals surface area contributed by atoms with Gasteiger partial charge in [-0.3, -0.25) is 4.79 Å². The van der Waals surface area contributed by atoms with Crippen molar-refractivity contribution in [2.75, 3.05) is 6.61 Å². The minimum atomic E-state index is -0.0962. The van der Waals surface area contributed by atoms with Crippen LogP contribution in [0.1, 0.15) is 21.7 Å². The molecule has 0 aliphatic carbocycles. The molecule has 2 heterocycles. The Balaban J connectivity index is 1.69. The van der Waals surface area contributed by atoms with Gasteiger partial charge in [0.25, 0.3) is 5.91 Å². The van der Waals surface area contributed by atoms with Gasteiger partial charge >= 0.3 is 0 Å². The predicted octanol–water partition coefficient (Wildman–Crippen LogP) is 1.27. The van der Waals surface area contributed by atoms with E-state index < -0.39 is 0 Å². The Hall–Kier alpha value is -2.30. The van der Waals surface area contributed by atoms with Crippen LogP contribution in [0.3, 0.4) is 0 Å². The summed E-state index contributed by atoms with van der Waals surface area (Å²) in [5.74, 6) is 1.53. The van der Waals surface area contributed by atoms with E-state index in [9.17, 15) is 4.79 Å². The number of aromatic amines is 1. The third kappa shape index (κ3) is 2.07. The molecule has 5 nitrogen and oxygen atoms in total. The van der Waals surface area contributed by atoms with Gasteiger partial charge in [0, 0.05) is 24.4 Å². The van der Waals surface area contributed by atoms with Crippen LogP contribution < -0.4 is 10.1 Å². The number of aromatic nitrogens is 2. The number of nitrogens with zero attached hydrogens (tertiary/aromatic N) is 1. The van der Waals surface area contributed by atoms with Crippen LogP contribution in [0.15, 0.2) is 30.6 Å². The van der Waals surface area contributed by atoms with Crippen molar-refractivity contribution in [2.24, 2.45) is 0 Å². The van der Waals surface area contributed by atoms with Gasteiger partial charge in [0.1, 0.15) is 11.6 Å². The van der Waals surface area contributed by atoms with Gasteiger partial charge in [-0.05, 0) is 23.8 Å². The maximum absolute atomic E-state index is 11.9. The highest BCUT2D eigenvalue weighted by Gasteiger charge is 2.14. The number of benzene rings is 1. The fraction of sp³-hybridized carbons (Fsp3) is 0.231. The van der Waals surface area contributed by atoms with Crippen LogP contribution in [0.2, 0.25) is 0 Å². The van der Waals surface area contributed by atoms with Crippen LogP contribution in [-0.4, -0.2) is 22.5 Å². The molecule has 0 bridgehead atoms. The first-order chi connectivity index (χ1) is 8.83. The van der Waals surface area contributed by atoms with Gasteiger partial charge in [0.15, 0.2) is 0 Å². The second-order valence-electron chi connectivity index (χ2n) is 4.14. The fourth-order valence-corrected chi connectivity index (χ4v) is 1.99. The van der Waals surface area contributed by atoms with Crippen molar-refractivity contribution in [3.05, 3.63) is 47.5 Å². The zero-order chi connectivity index (χ0) is 12.4. The maximum Gasteiger partial charge on any atom is 0.251 e. The highest BCUT2D eigenvalue weighted by molar-refractivity contribution is 5.94. The van der Waals surface area contributed by atoms with E-state index in [1.807, 2.05) is 12.1 Å². The van der Waals surface area contributed by atoms with Crippen molar-refractivity contribution in [2.45, 2.75) is 13.0 Å². The molecule has 0 unspecified atom stereocenters. The SMILES string of the molecule is O=C(NCc1ncc[nH]1)c1ccc2c(c1)CCO2. The van der Waals surface area contributed by atoms with Crippen molar-refractivity contribution in [1.82, 2.24) is 15.3 Å². The normalized spacial score (nSPS) is 12.9. The topological polar surface area (TPSA) is 67.0 Å². The fourth-order valence-electron chi connectivity index (χ4n) is 1.99. The Bertz CT molecular complexity index is 564. The predicted molar refractivity (Wildman–Crippen MR) is 65.4 cm³/mol. The Kier molecular flexibility index (Phi) is 2.72. The Morgan fingerprint density at radius 3 is 3.28 bits per heavy atom. The molecule has 1 aliphatic rings. The number of fused-ring (bicyclic) bond motifs is 1. The molecule has 18 heavy (non-hydrogen) atoms. The van der Waals surface area contributed by atoms with Crippen molar-refractivity contribution in [3.8, 4) is 5.75 Å². The van der Waals surface area contributed by atoms with Gasteiger partial charge in [-0.1, -0.05) is 0 Å². The smallest absolute Gasteiger partial charge is 0.251 e. The number of hydrogen-bond donors (Lipinski definition) is 2. The summed E-state index contributed by atoms with van der Waals surface area (Å²) >= 11 is 0. The first-order valence-electron chi connectivity index (χ1n) is 5.85. The molecule has 0 fully saturated rings. The number of amides is 1. The molecule has 1 aromatic carbocycles. The zero-order valence-corrected chi connectivity index (χ0v) is 9.77. The van der Waals surface area contributed by atoms with Crippen LogP contribution >= 0.6 is 0 Å². The number of rotatable bonds is 3. The van der Waals surface area contributed by atoms with Crippen LogP contribution in [0.5, 0.6) is 5.75 Å². The van der Waals surface area contributed by atoms with E-state index in [1.54, 1.807) is 18.5 Å². The molecule has 2 N–H and O–H groups in total. The number of carbonyl (C=O) groups excluding carboxylic acids is 1. The number of nitrogens with one attached hydrogen (secondary N) is 2. The molecule has 0 radical (unpaired) electrons. The van der Waals surface area contributed by atoms with E-state index in [0.29, 0.717) is 18.7 Å². The van der Waals surface area contributed by atoms with E-state index in [1.165, 1.54) is 0 Å². The average molecular weight is 243 g/mol. The lowest BCUT2D eigenvalue weighted by atomic mass is 10.1. The van der Waals surface area contributed by atoms with Gasteiger partial charge < -0.3 is 15.0 Å². The molecule has 5 heteroatoms. The molecule has 1 aliphatic heterocycles. The third-order valence-corrected chi connectivity index (χ3v) is 2.92. The van der Waals surface area contributed by atoms with Gasteiger partial charge in [-0.2, -0.15) is 0 Å². The summed E-state index contributed by atoms with van der Waals surface area (Å²) in [6.45, 7) is 1.10. The van der Waals surface area contributed by atoms with Crippen LogP contribution in [-0.2, 0) is 13.0 Å². The van der Waals surface area contributed by atoms with Crippen LogP contribution in [0.25, 0.3) is 0 Å². The first-order valence-corrected chi connectivity index (χ1v) is 5.85. The van der Waals surface area contributed by atoms with Crippen LogP contribution in [0, 0.1) is 0 Å². The lowest BCUT2D eigenvalue weighted by Crippen LogP contribution is -2.23. The molecule has 92 valence electrons. The zero-order valence-electron chi connectivity index (χ0n) is 9.77.